The van der Waals surface area contributed by atoms with E-state index in [-0.39, 0.29) is 35.1 Å². The summed E-state index contributed by atoms with van der Waals surface area (Å²) in [6.07, 6.45) is 4.22. The van der Waals surface area contributed by atoms with Crippen molar-refractivity contribution in [1.29, 1.82) is 0 Å². The zero-order valence-corrected chi connectivity index (χ0v) is 22.3. The Labute approximate surface area is 230 Å². The lowest BCUT2D eigenvalue weighted by Crippen LogP contribution is -2.35. The lowest BCUT2D eigenvalue weighted by atomic mass is 10.0. The van der Waals surface area contributed by atoms with Gasteiger partial charge in [0, 0.05) is 35.8 Å². The summed E-state index contributed by atoms with van der Waals surface area (Å²) >= 11 is 12.6. The first-order chi connectivity index (χ1) is 18.5. The Hall–Kier alpha value is -3.55. The number of fused-ring (bicyclic) bond motifs is 2. The van der Waals surface area contributed by atoms with Gasteiger partial charge in [0.05, 0.1) is 48.2 Å². The lowest BCUT2D eigenvalue weighted by molar-refractivity contribution is 0.0774. The first-order valence-corrected chi connectivity index (χ1v) is 13.1. The minimum Gasteiger partial charge on any atom is -0.493 e. The van der Waals surface area contributed by atoms with Crippen LogP contribution in [-0.2, 0) is 0 Å². The number of ether oxygens (including phenoxy) is 3. The Morgan fingerprint density at radius 2 is 1.84 bits per heavy atom. The highest BCUT2D eigenvalue weighted by Crippen LogP contribution is 2.38. The molecule has 9 heteroatoms. The fourth-order valence-electron chi connectivity index (χ4n) is 4.66. The number of rotatable bonds is 9. The second-order valence-corrected chi connectivity index (χ2v) is 9.86. The van der Waals surface area contributed by atoms with E-state index in [0.29, 0.717) is 51.9 Å². The van der Waals surface area contributed by atoms with Gasteiger partial charge < -0.3 is 19.1 Å². The number of methoxy groups -OCH3 is 1. The van der Waals surface area contributed by atoms with Crippen LogP contribution in [0.4, 0.5) is 5.69 Å². The molecule has 5 rings (SSSR count). The highest BCUT2D eigenvalue weighted by Gasteiger charge is 2.32. The van der Waals surface area contributed by atoms with Crippen LogP contribution in [0, 0.1) is 0 Å². The molecule has 2 aliphatic rings. The molecule has 7 nitrogen and oxygen atoms in total. The molecule has 2 aliphatic heterocycles. The summed E-state index contributed by atoms with van der Waals surface area (Å²) in [7, 11) is 1.54. The van der Waals surface area contributed by atoms with Crippen LogP contribution in [0.5, 0.6) is 17.2 Å². The minimum absolute atomic E-state index is 0.0285. The second-order valence-electron chi connectivity index (χ2n) is 9.02. The third-order valence-corrected chi connectivity index (χ3v) is 7.04. The third kappa shape index (κ3) is 5.35. The number of hydrogen-bond donors (Lipinski definition) is 0. The van der Waals surface area contributed by atoms with Crippen LogP contribution in [0.25, 0.3) is 0 Å². The first-order valence-electron chi connectivity index (χ1n) is 12.4. The molecular weight excluding hydrogens is 527 g/mol. The smallest absolute Gasteiger partial charge is 0.256 e. The van der Waals surface area contributed by atoms with Crippen LogP contribution in [-0.4, -0.2) is 55.7 Å². The zero-order chi connectivity index (χ0) is 26.6. The van der Waals surface area contributed by atoms with Gasteiger partial charge in [-0.15, -0.1) is 0 Å². The van der Waals surface area contributed by atoms with E-state index >= 15 is 0 Å². The highest BCUT2D eigenvalue weighted by molar-refractivity contribution is 6.36. The van der Waals surface area contributed by atoms with E-state index in [1.807, 2.05) is 17.2 Å². The molecule has 0 bridgehead atoms. The van der Waals surface area contributed by atoms with Crippen molar-refractivity contribution in [2.75, 3.05) is 26.9 Å². The number of ketones is 1. The van der Waals surface area contributed by atoms with Gasteiger partial charge in [0.1, 0.15) is 5.75 Å². The average molecular weight is 553 g/mol. The summed E-state index contributed by atoms with van der Waals surface area (Å²) in [6, 6.07) is 15.4. The maximum atomic E-state index is 13.1. The van der Waals surface area contributed by atoms with Gasteiger partial charge in [-0.1, -0.05) is 53.5 Å². The molecule has 0 spiro atoms. The van der Waals surface area contributed by atoms with Crippen molar-refractivity contribution >= 4 is 46.8 Å². The summed E-state index contributed by atoms with van der Waals surface area (Å²) in [5.41, 5.74) is 1.88. The summed E-state index contributed by atoms with van der Waals surface area (Å²) in [6.45, 7) is 1.28. The van der Waals surface area contributed by atoms with Crippen molar-refractivity contribution in [2.24, 2.45) is 4.99 Å². The number of carbonyl (C=O) groups is 2. The molecule has 2 heterocycles. The van der Waals surface area contributed by atoms with Crippen LogP contribution < -0.4 is 14.2 Å². The van der Waals surface area contributed by atoms with Gasteiger partial charge in [-0.3, -0.25) is 14.6 Å². The Morgan fingerprint density at radius 3 is 2.63 bits per heavy atom. The lowest BCUT2D eigenvalue weighted by Gasteiger charge is -2.20. The maximum Gasteiger partial charge on any atom is 0.256 e. The standard InChI is InChI=1S/C29H26Cl2N2O5/c1-36-25-15-21-24(32-17-20-9-5-10-33(20)29(21)35)16-26(25)37-11-6-12-38-28-22(13-19(30)14-23(28)31)27(34)18-7-3-2-4-8-18/h2-4,7-8,13-17,20H,5-6,9-12H2,1H3. The van der Waals surface area contributed by atoms with Gasteiger partial charge in [0.25, 0.3) is 5.91 Å². The number of amides is 1. The van der Waals surface area contributed by atoms with Crippen LogP contribution in [0.1, 0.15) is 45.5 Å². The molecule has 38 heavy (non-hydrogen) atoms. The Morgan fingerprint density at radius 1 is 1.05 bits per heavy atom. The molecule has 0 aliphatic carbocycles. The van der Waals surface area contributed by atoms with Crippen LogP contribution in [0.2, 0.25) is 10.0 Å². The van der Waals surface area contributed by atoms with Crippen LogP contribution in [0.15, 0.2) is 59.6 Å². The molecular formula is C29H26Cl2N2O5. The Balaban J connectivity index is 1.25. The monoisotopic (exact) mass is 552 g/mol. The molecule has 1 saturated heterocycles. The van der Waals surface area contributed by atoms with E-state index in [1.165, 1.54) is 7.11 Å². The fourth-order valence-corrected chi connectivity index (χ4v) is 5.20. The summed E-state index contributed by atoms with van der Waals surface area (Å²) in [5.74, 6) is 0.955. The molecule has 0 aromatic heterocycles. The molecule has 3 aromatic carbocycles. The highest BCUT2D eigenvalue weighted by atomic mass is 35.5. The second kappa shape index (κ2) is 11.5. The van der Waals surface area contributed by atoms with Crippen molar-refractivity contribution in [3.8, 4) is 17.2 Å². The summed E-state index contributed by atoms with van der Waals surface area (Å²) < 4.78 is 17.4. The van der Waals surface area contributed by atoms with Crippen molar-refractivity contribution in [3.05, 3.63) is 81.3 Å². The molecule has 1 amide bonds. The fraction of sp³-hybridized carbons (Fsp3) is 0.276. The largest absolute Gasteiger partial charge is 0.493 e. The maximum absolute atomic E-state index is 13.1. The molecule has 1 fully saturated rings. The van der Waals surface area contributed by atoms with Gasteiger partial charge in [-0.25, -0.2) is 0 Å². The topological polar surface area (TPSA) is 77.4 Å². The predicted molar refractivity (Wildman–Crippen MR) is 147 cm³/mol. The van der Waals surface area contributed by atoms with E-state index in [1.54, 1.807) is 48.5 Å². The molecule has 1 atom stereocenters. The van der Waals surface area contributed by atoms with Crippen molar-refractivity contribution in [2.45, 2.75) is 25.3 Å². The average Bonchev–Trinajstić information content (AvgIpc) is 3.36. The molecule has 0 saturated carbocycles. The van der Waals surface area contributed by atoms with Gasteiger partial charge in [-0.2, -0.15) is 0 Å². The quantitative estimate of drug-likeness (QED) is 0.226. The number of hydrogen-bond acceptors (Lipinski definition) is 6. The van der Waals surface area contributed by atoms with Crippen molar-refractivity contribution in [3.63, 3.8) is 0 Å². The number of carbonyl (C=O) groups excluding carboxylic acids is 2. The molecule has 196 valence electrons. The van der Waals surface area contributed by atoms with Gasteiger partial charge in [0.2, 0.25) is 0 Å². The number of nitrogens with zero attached hydrogens (tertiary/aromatic N) is 2. The molecule has 3 aromatic rings. The van der Waals surface area contributed by atoms with E-state index in [2.05, 4.69) is 4.99 Å². The van der Waals surface area contributed by atoms with E-state index in [0.717, 1.165) is 19.4 Å². The normalized spacial score (nSPS) is 16.0. The molecule has 1 unspecified atom stereocenters. The summed E-state index contributed by atoms with van der Waals surface area (Å²) in [4.78, 5) is 32.5. The van der Waals surface area contributed by atoms with E-state index in [9.17, 15) is 9.59 Å². The number of halogens is 2. The van der Waals surface area contributed by atoms with Crippen LogP contribution in [0.3, 0.4) is 0 Å². The van der Waals surface area contributed by atoms with Gasteiger partial charge >= 0.3 is 0 Å². The Kier molecular flexibility index (Phi) is 7.86. The number of benzene rings is 3. The molecule has 0 radical (unpaired) electrons. The van der Waals surface area contributed by atoms with E-state index < -0.39 is 0 Å². The number of aliphatic imine (C=N–C) groups is 1. The zero-order valence-electron chi connectivity index (χ0n) is 20.8. The van der Waals surface area contributed by atoms with Crippen molar-refractivity contribution < 1.29 is 23.8 Å². The van der Waals surface area contributed by atoms with Crippen molar-refractivity contribution in [1.82, 2.24) is 4.90 Å². The summed E-state index contributed by atoms with van der Waals surface area (Å²) in [5, 5.41) is 0.606. The van der Waals surface area contributed by atoms with Gasteiger partial charge in [0.15, 0.2) is 17.3 Å². The molecule has 0 N–H and O–H groups in total. The van der Waals surface area contributed by atoms with Gasteiger partial charge in [-0.05, 0) is 31.0 Å². The Bertz CT molecular complexity index is 1390. The van der Waals surface area contributed by atoms with E-state index in [4.69, 9.17) is 37.4 Å². The predicted octanol–water partition coefficient (Wildman–Crippen LogP) is 6.40. The SMILES string of the molecule is COc1cc2c(cc1OCCCOc1c(Cl)cc(Cl)cc1C(=O)c1ccccc1)N=CC1CCCN1C2=O. The van der Waals surface area contributed by atoms with Crippen LogP contribution >= 0.6 is 23.2 Å². The first kappa shape index (κ1) is 26.1. The third-order valence-electron chi connectivity index (χ3n) is 6.54. The minimum atomic E-state index is -0.230.